The molecular formula is C10H8ClF3N2S2. The number of H-pyrrole nitrogens is 1. The number of benzene rings is 1. The van der Waals surface area contributed by atoms with Gasteiger partial charge in [-0.25, -0.2) is 0 Å². The van der Waals surface area contributed by atoms with E-state index in [-0.39, 0.29) is 24.1 Å². The van der Waals surface area contributed by atoms with Gasteiger partial charge < -0.3 is 9.55 Å². The Labute approximate surface area is 115 Å². The third-order valence-electron chi connectivity index (χ3n) is 2.32. The lowest BCUT2D eigenvalue weighted by Gasteiger charge is -2.07. The maximum absolute atomic E-state index is 12.1. The molecule has 0 spiro atoms. The first-order valence-corrected chi connectivity index (χ1v) is 6.73. The molecule has 2 rings (SSSR count). The van der Waals surface area contributed by atoms with Gasteiger partial charge in [0.1, 0.15) is 0 Å². The molecule has 0 amide bonds. The third kappa shape index (κ3) is 3.21. The number of thioether (sulfide) groups is 1. The zero-order valence-corrected chi connectivity index (χ0v) is 11.3. The molecule has 18 heavy (non-hydrogen) atoms. The van der Waals surface area contributed by atoms with Gasteiger partial charge in [0, 0.05) is 17.3 Å². The molecule has 0 aliphatic heterocycles. The van der Waals surface area contributed by atoms with Crippen LogP contribution in [0.4, 0.5) is 13.2 Å². The zero-order valence-electron chi connectivity index (χ0n) is 8.92. The van der Waals surface area contributed by atoms with Crippen LogP contribution in [0.5, 0.6) is 0 Å². The molecule has 0 saturated heterocycles. The summed E-state index contributed by atoms with van der Waals surface area (Å²) in [7, 11) is 0. The van der Waals surface area contributed by atoms with Crippen molar-refractivity contribution in [1.29, 1.82) is 0 Å². The molecule has 2 nitrogen and oxygen atoms in total. The first-order valence-electron chi connectivity index (χ1n) is 4.95. The Morgan fingerprint density at radius 2 is 2.11 bits per heavy atom. The van der Waals surface area contributed by atoms with Crippen molar-refractivity contribution >= 4 is 46.6 Å². The quantitative estimate of drug-likeness (QED) is 0.836. The monoisotopic (exact) mass is 312 g/mol. The van der Waals surface area contributed by atoms with Gasteiger partial charge >= 0.3 is 5.51 Å². The normalized spacial score (nSPS) is 12.2. The first-order chi connectivity index (χ1) is 8.37. The maximum atomic E-state index is 12.1. The lowest BCUT2D eigenvalue weighted by molar-refractivity contribution is -0.0328. The van der Waals surface area contributed by atoms with Crippen molar-refractivity contribution in [3.63, 3.8) is 0 Å². The van der Waals surface area contributed by atoms with Crippen LogP contribution in [0.1, 0.15) is 0 Å². The Morgan fingerprint density at radius 1 is 1.39 bits per heavy atom. The molecule has 1 heterocycles. The number of halogens is 4. The van der Waals surface area contributed by atoms with Crippen LogP contribution in [-0.4, -0.2) is 20.8 Å². The average Bonchev–Trinajstić information content (AvgIpc) is 2.54. The summed E-state index contributed by atoms with van der Waals surface area (Å²) >= 11 is 10.9. The molecule has 0 atom stereocenters. The summed E-state index contributed by atoms with van der Waals surface area (Å²) in [5.74, 6) is -0.0860. The summed E-state index contributed by atoms with van der Waals surface area (Å²) in [6.07, 6.45) is 0. The third-order valence-corrected chi connectivity index (χ3v) is 3.59. The lowest BCUT2D eigenvalue weighted by Crippen LogP contribution is -2.07. The van der Waals surface area contributed by atoms with Crippen LogP contribution in [0.3, 0.4) is 0 Å². The van der Waals surface area contributed by atoms with Crippen LogP contribution >= 0.6 is 35.6 Å². The smallest absolute Gasteiger partial charge is 0.331 e. The van der Waals surface area contributed by atoms with Gasteiger partial charge in [-0.05, 0) is 42.2 Å². The zero-order chi connectivity index (χ0) is 13.3. The molecule has 1 N–H and O–H groups in total. The number of hydrogen-bond acceptors (Lipinski definition) is 2. The van der Waals surface area contributed by atoms with Crippen molar-refractivity contribution in [2.75, 3.05) is 5.75 Å². The van der Waals surface area contributed by atoms with Crippen LogP contribution in [0.25, 0.3) is 11.0 Å². The van der Waals surface area contributed by atoms with Gasteiger partial charge in [-0.15, -0.1) is 0 Å². The van der Waals surface area contributed by atoms with Gasteiger partial charge in [0.15, 0.2) is 4.77 Å². The van der Waals surface area contributed by atoms with Gasteiger partial charge in [-0.2, -0.15) is 13.2 Å². The highest BCUT2D eigenvalue weighted by molar-refractivity contribution is 8.00. The van der Waals surface area contributed by atoms with E-state index in [4.69, 9.17) is 23.8 Å². The van der Waals surface area contributed by atoms with E-state index < -0.39 is 5.51 Å². The molecule has 2 aromatic rings. The van der Waals surface area contributed by atoms with E-state index in [1.807, 2.05) is 0 Å². The molecule has 0 radical (unpaired) electrons. The second kappa shape index (κ2) is 5.14. The van der Waals surface area contributed by atoms with Crippen LogP contribution in [0, 0.1) is 4.77 Å². The summed E-state index contributed by atoms with van der Waals surface area (Å²) in [4.78, 5) is 2.93. The Morgan fingerprint density at radius 3 is 2.78 bits per heavy atom. The number of aromatic amines is 1. The van der Waals surface area contributed by atoms with Crippen molar-refractivity contribution in [1.82, 2.24) is 9.55 Å². The SMILES string of the molecule is FC(F)(F)SCCn1c(=S)[nH]c2ccc(Cl)cc21. The van der Waals surface area contributed by atoms with Crippen LogP contribution in [0.15, 0.2) is 18.2 Å². The Bertz CT molecular complexity index is 618. The van der Waals surface area contributed by atoms with E-state index in [0.29, 0.717) is 9.79 Å². The van der Waals surface area contributed by atoms with E-state index in [9.17, 15) is 13.2 Å². The van der Waals surface area contributed by atoms with Gasteiger partial charge in [-0.3, -0.25) is 0 Å². The largest absolute Gasteiger partial charge is 0.441 e. The molecule has 0 fully saturated rings. The van der Waals surface area contributed by atoms with Crippen LogP contribution in [0.2, 0.25) is 5.02 Å². The molecule has 98 valence electrons. The number of hydrogen-bond donors (Lipinski definition) is 1. The van der Waals surface area contributed by atoms with Crippen molar-refractivity contribution in [2.45, 2.75) is 12.1 Å². The number of nitrogens with zero attached hydrogens (tertiary/aromatic N) is 1. The van der Waals surface area contributed by atoms with Crippen molar-refractivity contribution in [3.8, 4) is 0 Å². The fraction of sp³-hybridized carbons (Fsp3) is 0.300. The number of nitrogens with one attached hydrogen (secondary N) is 1. The van der Waals surface area contributed by atoms with E-state index in [0.717, 1.165) is 11.0 Å². The maximum Gasteiger partial charge on any atom is 0.441 e. The predicted octanol–water partition coefficient (Wildman–Crippen LogP) is 4.61. The first kappa shape index (κ1) is 13.8. The van der Waals surface area contributed by atoms with Gasteiger partial charge in [0.2, 0.25) is 0 Å². The lowest BCUT2D eigenvalue weighted by atomic mass is 10.3. The fourth-order valence-corrected chi connectivity index (χ4v) is 2.57. The fourth-order valence-electron chi connectivity index (χ4n) is 1.60. The highest BCUT2D eigenvalue weighted by Crippen LogP contribution is 2.30. The number of alkyl halides is 3. The molecule has 0 saturated carbocycles. The Hall–Kier alpha value is -0.660. The van der Waals surface area contributed by atoms with Gasteiger partial charge in [-0.1, -0.05) is 11.6 Å². The predicted molar refractivity (Wildman–Crippen MR) is 70.6 cm³/mol. The van der Waals surface area contributed by atoms with Crippen LogP contribution in [-0.2, 0) is 6.54 Å². The van der Waals surface area contributed by atoms with Crippen molar-refractivity contribution in [3.05, 3.63) is 28.0 Å². The highest BCUT2D eigenvalue weighted by Gasteiger charge is 2.27. The van der Waals surface area contributed by atoms with E-state index >= 15 is 0 Å². The Kier molecular flexibility index (Phi) is 3.93. The summed E-state index contributed by atoms with van der Waals surface area (Å²) in [5.41, 5.74) is -2.73. The molecule has 8 heteroatoms. The van der Waals surface area contributed by atoms with E-state index in [1.54, 1.807) is 22.8 Å². The summed E-state index contributed by atoms with van der Waals surface area (Å²) in [5, 5.41) is 0.522. The van der Waals surface area contributed by atoms with E-state index in [2.05, 4.69) is 4.98 Å². The molecule has 0 aliphatic carbocycles. The second-order valence-corrected chi connectivity index (χ2v) is 5.52. The number of aryl methyl sites for hydroxylation is 1. The number of rotatable bonds is 3. The molecule has 0 aliphatic rings. The second-order valence-electron chi connectivity index (χ2n) is 3.54. The number of aromatic nitrogens is 2. The number of fused-ring (bicyclic) bond motifs is 1. The molecule has 0 bridgehead atoms. The number of imidazole rings is 1. The summed E-state index contributed by atoms with van der Waals surface area (Å²) < 4.78 is 38.2. The molecule has 1 aromatic heterocycles. The molecular weight excluding hydrogens is 305 g/mol. The summed E-state index contributed by atoms with van der Waals surface area (Å²) in [6, 6.07) is 5.13. The van der Waals surface area contributed by atoms with Gasteiger partial charge in [0.25, 0.3) is 0 Å². The van der Waals surface area contributed by atoms with Crippen LogP contribution < -0.4 is 0 Å². The van der Waals surface area contributed by atoms with Crippen molar-refractivity contribution in [2.24, 2.45) is 0 Å². The average molecular weight is 313 g/mol. The van der Waals surface area contributed by atoms with E-state index in [1.165, 1.54) is 0 Å². The molecule has 0 unspecified atom stereocenters. The standard InChI is InChI=1S/C10H8ClF3N2S2/c11-6-1-2-7-8(5-6)16(9(17)15-7)3-4-18-10(12,13)14/h1-2,5H,3-4H2,(H,15,17). The minimum Gasteiger partial charge on any atom is -0.331 e. The van der Waals surface area contributed by atoms with Gasteiger partial charge in [0.05, 0.1) is 11.0 Å². The minimum atomic E-state index is -4.22. The molecule has 1 aromatic carbocycles. The minimum absolute atomic E-state index is 0.0607. The topological polar surface area (TPSA) is 20.7 Å². The Balaban J connectivity index is 2.25. The summed E-state index contributed by atoms with van der Waals surface area (Å²) in [6.45, 7) is 0.184. The highest BCUT2D eigenvalue weighted by atomic mass is 35.5. The van der Waals surface area contributed by atoms with Crippen molar-refractivity contribution < 1.29 is 13.2 Å².